The van der Waals surface area contributed by atoms with Crippen molar-refractivity contribution in [2.45, 2.75) is 20.3 Å². The highest BCUT2D eigenvalue weighted by molar-refractivity contribution is 5.23. The second-order valence-electron chi connectivity index (χ2n) is 3.81. The molecular formula is C12H14N. The molecule has 0 saturated carbocycles. The van der Waals surface area contributed by atoms with Gasteiger partial charge in [0.2, 0.25) is 0 Å². The van der Waals surface area contributed by atoms with Crippen molar-refractivity contribution in [3.63, 3.8) is 0 Å². The SMILES string of the molecule is CC(C)(C#N)C[CH]c1ccccc1. The Morgan fingerprint density at radius 1 is 1.31 bits per heavy atom. The summed E-state index contributed by atoms with van der Waals surface area (Å²) >= 11 is 0. The number of nitrogens with zero attached hydrogens (tertiary/aromatic N) is 1. The molecule has 1 aromatic carbocycles. The number of hydrogen-bond acceptors (Lipinski definition) is 1. The standard InChI is InChI=1S/C12H14N/c1-12(2,10-13)9-8-11-6-4-3-5-7-11/h3-8H,9H2,1-2H3. The molecule has 1 nitrogen and oxygen atoms in total. The summed E-state index contributed by atoms with van der Waals surface area (Å²) in [7, 11) is 0. The van der Waals surface area contributed by atoms with E-state index >= 15 is 0 Å². The maximum atomic E-state index is 8.80. The van der Waals surface area contributed by atoms with Gasteiger partial charge in [0.1, 0.15) is 0 Å². The molecule has 0 aromatic heterocycles. The van der Waals surface area contributed by atoms with Gasteiger partial charge in [-0.05, 0) is 32.3 Å². The van der Waals surface area contributed by atoms with E-state index < -0.39 is 0 Å². The zero-order valence-electron chi connectivity index (χ0n) is 8.12. The summed E-state index contributed by atoms with van der Waals surface area (Å²) in [5.74, 6) is 0. The highest BCUT2D eigenvalue weighted by Crippen LogP contribution is 2.22. The minimum absolute atomic E-state index is 0.254. The third-order valence-electron chi connectivity index (χ3n) is 1.95. The number of rotatable bonds is 3. The van der Waals surface area contributed by atoms with E-state index in [0.717, 1.165) is 6.42 Å². The van der Waals surface area contributed by atoms with Crippen molar-refractivity contribution < 1.29 is 0 Å². The van der Waals surface area contributed by atoms with E-state index in [1.54, 1.807) is 0 Å². The van der Waals surface area contributed by atoms with E-state index in [4.69, 9.17) is 5.26 Å². The first-order chi connectivity index (χ1) is 6.14. The lowest BCUT2D eigenvalue weighted by Gasteiger charge is -2.13. The van der Waals surface area contributed by atoms with Gasteiger partial charge in [0.15, 0.2) is 0 Å². The zero-order valence-corrected chi connectivity index (χ0v) is 8.12. The third kappa shape index (κ3) is 3.29. The Kier molecular flexibility index (Phi) is 3.08. The highest BCUT2D eigenvalue weighted by Gasteiger charge is 2.15. The summed E-state index contributed by atoms with van der Waals surface area (Å²) in [6.45, 7) is 3.90. The lowest BCUT2D eigenvalue weighted by Crippen LogP contribution is -2.07. The monoisotopic (exact) mass is 172 g/mol. The van der Waals surface area contributed by atoms with Gasteiger partial charge in [0.05, 0.1) is 11.5 Å². The molecule has 0 aliphatic heterocycles. The Labute approximate surface area is 80.0 Å². The van der Waals surface area contributed by atoms with Crippen LogP contribution in [-0.4, -0.2) is 0 Å². The molecule has 0 saturated heterocycles. The van der Waals surface area contributed by atoms with Crippen LogP contribution in [0.4, 0.5) is 0 Å². The first-order valence-electron chi connectivity index (χ1n) is 4.43. The predicted octanol–water partition coefficient (Wildman–Crippen LogP) is 3.18. The molecule has 0 heterocycles. The molecule has 67 valence electrons. The molecule has 0 N–H and O–H groups in total. The first kappa shape index (κ1) is 9.80. The van der Waals surface area contributed by atoms with E-state index in [2.05, 4.69) is 12.5 Å². The molecule has 0 atom stereocenters. The number of hydrogen-bond donors (Lipinski definition) is 0. The van der Waals surface area contributed by atoms with Gasteiger partial charge in [0, 0.05) is 0 Å². The summed E-state index contributed by atoms with van der Waals surface area (Å²) in [6.07, 6.45) is 2.90. The normalized spacial score (nSPS) is 10.8. The van der Waals surface area contributed by atoms with E-state index in [1.165, 1.54) is 5.56 Å². The van der Waals surface area contributed by atoms with Crippen molar-refractivity contribution in [2.24, 2.45) is 5.41 Å². The maximum absolute atomic E-state index is 8.80. The van der Waals surface area contributed by atoms with Crippen LogP contribution in [0, 0.1) is 23.2 Å². The van der Waals surface area contributed by atoms with Crippen LogP contribution in [0.1, 0.15) is 25.8 Å². The van der Waals surface area contributed by atoms with Gasteiger partial charge in [0.25, 0.3) is 0 Å². The molecule has 0 bridgehead atoms. The molecule has 1 radical (unpaired) electrons. The minimum Gasteiger partial charge on any atom is -0.198 e. The maximum Gasteiger partial charge on any atom is 0.0684 e. The Bertz CT molecular complexity index is 293. The van der Waals surface area contributed by atoms with Crippen LogP contribution in [0.15, 0.2) is 30.3 Å². The molecule has 0 amide bonds. The Morgan fingerprint density at radius 3 is 2.46 bits per heavy atom. The second kappa shape index (κ2) is 4.09. The van der Waals surface area contributed by atoms with Gasteiger partial charge in [-0.1, -0.05) is 30.3 Å². The van der Waals surface area contributed by atoms with Crippen LogP contribution in [-0.2, 0) is 0 Å². The molecule has 1 rings (SSSR count). The summed E-state index contributed by atoms with van der Waals surface area (Å²) in [5.41, 5.74) is 0.932. The lowest BCUT2D eigenvalue weighted by molar-refractivity contribution is 0.491. The molecule has 0 spiro atoms. The zero-order chi connectivity index (χ0) is 9.73. The molecule has 1 heteroatoms. The van der Waals surface area contributed by atoms with Crippen molar-refractivity contribution in [3.8, 4) is 6.07 Å². The fraction of sp³-hybridized carbons (Fsp3) is 0.333. The fourth-order valence-corrected chi connectivity index (χ4v) is 1.01. The molecular weight excluding hydrogens is 158 g/mol. The predicted molar refractivity (Wildman–Crippen MR) is 53.9 cm³/mol. The van der Waals surface area contributed by atoms with Crippen LogP contribution >= 0.6 is 0 Å². The smallest absolute Gasteiger partial charge is 0.0684 e. The average Bonchev–Trinajstić information content (AvgIpc) is 2.17. The van der Waals surface area contributed by atoms with Crippen molar-refractivity contribution >= 4 is 0 Å². The van der Waals surface area contributed by atoms with Crippen molar-refractivity contribution in [2.75, 3.05) is 0 Å². The van der Waals surface area contributed by atoms with Crippen LogP contribution < -0.4 is 0 Å². The first-order valence-corrected chi connectivity index (χ1v) is 4.43. The van der Waals surface area contributed by atoms with Gasteiger partial charge in [-0.3, -0.25) is 0 Å². The molecule has 13 heavy (non-hydrogen) atoms. The molecule has 1 aromatic rings. The van der Waals surface area contributed by atoms with E-state index in [9.17, 15) is 0 Å². The van der Waals surface area contributed by atoms with Gasteiger partial charge >= 0.3 is 0 Å². The Balaban J connectivity index is 2.50. The highest BCUT2D eigenvalue weighted by atomic mass is 14.3. The van der Waals surface area contributed by atoms with Crippen LogP contribution in [0.5, 0.6) is 0 Å². The quantitative estimate of drug-likeness (QED) is 0.687. The van der Waals surface area contributed by atoms with Crippen LogP contribution in [0.25, 0.3) is 0 Å². The van der Waals surface area contributed by atoms with E-state index in [-0.39, 0.29) is 5.41 Å². The van der Waals surface area contributed by atoms with Gasteiger partial charge in [-0.2, -0.15) is 5.26 Å². The minimum atomic E-state index is -0.254. The Hall–Kier alpha value is -1.29. The lowest BCUT2D eigenvalue weighted by atomic mass is 9.88. The third-order valence-corrected chi connectivity index (χ3v) is 1.95. The molecule has 0 aliphatic carbocycles. The number of nitriles is 1. The number of benzene rings is 1. The summed E-state index contributed by atoms with van der Waals surface area (Å²) in [5, 5.41) is 8.80. The average molecular weight is 172 g/mol. The van der Waals surface area contributed by atoms with Crippen molar-refractivity contribution in [3.05, 3.63) is 42.3 Å². The van der Waals surface area contributed by atoms with E-state index in [0.29, 0.717) is 0 Å². The molecule has 0 unspecified atom stereocenters. The van der Waals surface area contributed by atoms with Gasteiger partial charge in [-0.15, -0.1) is 0 Å². The van der Waals surface area contributed by atoms with Crippen molar-refractivity contribution in [1.82, 2.24) is 0 Å². The largest absolute Gasteiger partial charge is 0.198 e. The topological polar surface area (TPSA) is 23.8 Å². The summed E-state index contributed by atoms with van der Waals surface area (Å²) in [6, 6.07) is 12.4. The molecule has 0 aliphatic rings. The van der Waals surface area contributed by atoms with Crippen LogP contribution in [0.2, 0.25) is 0 Å². The summed E-state index contributed by atoms with van der Waals surface area (Å²) in [4.78, 5) is 0. The fourth-order valence-electron chi connectivity index (χ4n) is 1.01. The Morgan fingerprint density at radius 2 is 1.92 bits per heavy atom. The van der Waals surface area contributed by atoms with Crippen LogP contribution in [0.3, 0.4) is 0 Å². The summed E-state index contributed by atoms with van der Waals surface area (Å²) < 4.78 is 0. The van der Waals surface area contributed by atoms with Gasteiger partial charge < -0.3 is 0 Å². The molecule has 0 fully saturated rings. The second-order valence-corrected chi connectivity index (χ2v) is 3.81. The van der Waals surface area contributed by atoms with Crippen molar-refractivity contribution in [1.29, 1.82) is 5.26 Å². The van der Waals surface area contributed by atoms with E-state index in [1.807, 2.05) is 44.2 Å². The van der Waals surface area contributed by atoms with Gasteiger partial charge in [-0.25, -0.2) is 0 Å².